The van der Waals surface area contributed by atoms with Crippen LogP contribution in [0.2, 0.25) is 5.02 Å². The fraction of sp³-hybridized carbons (Fsp3) is 0.304. The van der Waals surface area contributed by atoms with Gasteiger partial charge in [-0.15, -0.1) is 0 Å². The maximum absolute atomic E-state index is 13.6. The lowest BCUT2D eigenvalue weighted by Gasteiger charge is -2.24. The molecule has 0 fully saturated rings. The minimum atomic E-state index is -0.246. The van der Waals surface area contributed by atoms with Crippen molar-refractivity contribution in [3.63, 3.8) is 0 Å². The summed E-state index contributed by atoms with van der Waals surface area (Å²) in [6.07, 6.45) is 1.52. The fourth-order valence-corrected chi connectivity index (χ4v) is 4.77. The Labute approximate surface area is 195 Å². The Morgan fingerprint density at radius 3 is 2.53 bits per heavy atom. The van der Waals surface area contributed by atoms with Crippen LogP contribution in [0.25, 0.3) is 21.3 Å². The maximum Gasteiger partial charge on any atom is 0.280 e. The number of rotatable bonds is 8. The minimum Gasteiger partial charge on any atom is -0.494 e. The highest BCUT2D eigenvalue weighted by molar-refractivity contribution is 7.23. The third-order valence-corrected chi connectivity index (χ3v) is 6.88. The van der Waals surface area contributed by atoms with Crippen LogP contribution in [0.3, 0.4) is 0 Å². The van der Waals surface area contributed by atoms with Gasteiger partial charge in [-0.1, -0.05) is 48.9 Å². The molecule has 1 amide bonds. The van der Waals surface area contributed by atoms with Gasteiger partial charge in [0.25, 0.3) is 5.91 Å². The summed E-state index contributed by atoms with van der Waals surface area (Å²) in [4.78, 5) is 31.2. The molecule has 0 saturated carbocycles. The van der Waals surface area contributed by atoms with Crippen LogP contribution in [0.15, 0.2) is 42.6 Å². The van der Waals surface area contributed by atoms with Crippen molar-refractivity contribution in [2.45, 2.75) is 13.8 Å². The van der Waals surface area contributed by atoms with Crippen molar-refractivity contribution in [1.29, 1.82) is 0 Å². The lowest BCUT2D eigenvalue weighted by Crippen LogP contribution is -2.39. The quantitative estimate of drug-likeness (QED) is 0.366. The van der Waals surface area contributed by atoms with Gasteiger partial charge in [-0.05, 0) is 37.4 Å². The van der Waals surface area contributed by atoms with E-state index in [1.165, 1.54) is 17.5 Å². The number of halogens is 1. The normalized spacial score (nSPS) is 11.4. The lowest BCUT2D eigenvalue weighted by molar-refractivity contribution is 0.0979. The van der Waals surface area contributed by atoms with Crippen molar-refractivity contribution >= 4 is 55.2 Å². The molecule has 0 aliphatic heterocycles. The first-order chi connectivity index (χ1) is 15.5. The highest BCUT2D eigenvalue weighted by Gasteiger charge is 2.25. The summed E-state index contributed by atoms with van der Waals surface area (Å²) < 4.78 is 6.24. The summed E-state index contributed by atoms with van der Waals surface area (Å²) in [5.41, 5.74) is 2.34. The standard InChI is InChI=1S/C23H24ClN5O2S/c1-4-28(5-2)12-13-29(22(30)18-14-25-16-8-6-7-9-17(16)26-18)23-27-20-19(31-3)11-10-15(24)21(20)32-23/h6-11,14H,4-5,12-13H2,1-3H3. The summed E-state index contributed by atoms with van der Waals surface area (Å²) in [6.45, 7) is 7.18. The first-order valence-electron chi connectivity index (χ1n) is 10.4. The number of hydrogen-bond acceptors (Lipinski definition) is 7. The Morgan fingerprint density at radius 2 is 1.81 bits per heavy atom. The fourth-order valence-electron chi connectivity index (χ4n) is 3.49. The minimum absolute atomic E-state index is 0.246. The zero-order valence-electron chi connectivity index (χ0n) is 18.2. The van der Waals surface area contributed by atoms with Crippen LogP contribution in [-0.4, -0.2) is 59.0 Å². The van der Waals surface area contributed by atoms with Crippen molar-refractivity contribution in [2.75, 3.05) is 38.2 Å². The predicted octanol–water partition coefficient (Wildman–Crippen LogP) is 4.89. The number of thiazole rings is 1. The average Bonchev–Trinajstić information content (AvgIpc) is 3.27. The van der Waals surface area contributed by atoms with Gasteiger partial charge in [-0.3, -0.25) is 14.7 Å². The summed E-state index contributed by atoms with van der Waals surface area (Å²) in [5.74, 6) is 0.373. The molecule has 166 valence electrons. The number of benzene rings is 2. The summed E-state index contributed by atoms with van der Waals surface area (Å²) in [6, 6.07) is 11.1. The SMILES string of the molecule is CCN(CC)CCN(C(=O)c1cnc2ccccc2n1)c1nc2c(OC)ccc(Cl)c2s1. The van der Waals surface area contributed by atoms with Crippen molar-refractivity contribution in [3.05, 3.63) is 53.3 Å². The highest BCUT2D eigenvalue weighted by atomic mass is 35.5. The third-order valence-electron chi connectivity index (χ3n) is 5.35. The molecule has 7 nitrogen and oxygen atoms in total. The predicted molar refractivity (Wildman–Crippen MR) is 130 cm³/mol. The average molecular weight is 470 g/mol. The molecular weight excluding hydrogens is 446 g/mol. The van der Waals surface area contributed by atoms with Crippen molar-refractivity contribution in [2.24, 2.45) is 0 Å². The number of aromatic nitrogens is 3. The zero-order valence-corrected chi connectivity index (χ0v) is 19.8. The van der Waals surface area contributed by atoms with E-state index in [0.717, 1.165) is 23.3 Å². The van der Waals surface area contributed by atoms with Gasteiger partial charge in [0.15, 0.2) is 5.13 Å². The summed E-state index contributed by atoms with van der Waals surface area (Å²) in [5, 5.41) is 1.13. The molecule has 4 aromatic rings. The zero-order chi connectivity index (χ0) is 22.7. The Morgan fingerprint density at radius 1 is 1.06 bits per heavy atom. The first-order valence-corrected chi connectivity index (χ1v) is 11.6. The monoisotopic (exact) mass is 469 g/mol. The number of amides is 1. The van der Waals surface area contributed by atoms with E-state index in [1.807, 2.05) is 24.3 Å². The van der Waals surface area contributed by atoms with Gasteiger partial charge < -0.3 is 9.64 Å². The Kier molecular flexibility index (Phi) is 6.83. The number of likely N-dealkylation sites (N-methyl/N-ethyl adjacent to an activating group) is 1. The van der Waals surface area contributed by atoms with Crippen LogP contribution in [0.4, 0.5) is 5.13 Å². The number of carbonyl (C=O) groups excluding carboxylic acids is 1. The van der Waals surface area contributed by atoms with Gasteiger partial charge in [0.2, 0.25) is 0 Å². The molecule has 0 spiro atoms. The number of para-hydroxylation sites is 2. The van der Waals surface area contributed by atoms with Crippen molar-refractivity contribution in [1.82, 2.24) is 19.9 Å². The van der Waals surface area contributed by atoms with Crippen LogP contribution < -0.4 is 9.64 Å². The molecule has 2 heterocycles. The Hall–Kier alpha value is -2.81. The largest absolute Gasteiger partial charge is 0.494 e. The number of methoxy groups -OCH3 is 1. The maximum atomic E-state index is 13.6. The molecule has 0 unspecified atom stereocenters. The third kappa shape index (κ3) is 4.39. The van der Waals surface area contributed by atoms with E-state index < -0.39 is 0 Å². The second-order valence-electron chi connectivity index (χ2n) is 7.15. The topological polar surface area (TPSA) is 71.5 Å². The molecule has 0 radical (unpaired) electrons. The van der Waals surface area contributed by atoms with E-state index in [4.69, 9.17) is 21.3 Å². The number of nitrogens with zero attached hydrogens (tertiary/aromatic N) is 5. The molecule has 0 N–H and O–H groups in total. The lowest BCUT2D eigenvalue weighted by atomic mass is 10.3. The van der Waals surface area contributed by atoms with Gasteiger partial charge >= 0.3 is 0 Å². The Balaban J connectivity index is 1.76. The van der Waals surface area contributed by atoms with Crippen LogP contribution >= 0.6 is 22.9 Å². The highest BCUT2D eigenvalue weighted by Crippen LogP contribution is 2.39. The van der Waals surface area contributed by atoms with Gasteiger partial charge in [0.1, 0.15) is 17.0 Å². The second kappa shape index (κ2) is 9.77. The van der Waals surface area contributed by atoms with Gasteiger partial charge in [-0.25, -0.2) is 9.97 Å². The number of carbonyl (C=O) groups is 1. The molecule has 9 heteroatoms. The van der Waals surface area contributed by atoms with E-state index in [-0.39, 0.29) is 11.6 Å². The molecule has 0 aliphatic carbocycles. The smallest absolute Gasteiger partial charge is 0.280 e. The van der Waals surface area contributed by atoms with Crippen LogP contribution in [0.5, 0.6) is 5.75 Å². The number of anilines is 1. The van der Waals surface area contributed by atoms with Gasteiger partial charge in [0, 0.05) is 13.1 Å². The van der Waals surface area contributed by atoms with Crippen LogP contribution in [0, 0.1) is 0 Å². The second-order valence-corrected chi connectivity index (χ2v) is 8.54. The van der Waals surface area contributed by atoms with Crippen LogP contribution in [0.1, 0.15) is 24.3 Å². The molecule has 0 saturated heterocycles. The Bertz CT molecular complexity index is 1260. The van der Waals surface area contributed by atoms with Gasteiger partial charge in [-0.2, -0.15) is 0 Å². The molecule has 2 aromatic carbocycles. The van der Waals surface area contributed by atoms with Crippen molar-refractivity contribution < 1.29 is 9.53 Å². The molecular formula is C23H24ClN5O2S. The van der Waals surface area contributed by atoms with Gasteiger partial charge in [0.05, 0.1) is 34.1 Å². The van der Waals surface area contributed by atoms with E-state index in [9.17, 15) is 4.79 Å². The summed E-state index contributed by atoms with van der Waals surface area (Å²) in [7, 11) is 1.59. The number of hydrogen-bond donors (Lipinski definition) is 0. The molecule has 0 bridgehead atoms. The summed E-state index contributed by atoms with van der Waals surface area (Å²) >= 11 is 7.79. The van der Waals surface area contributed by atoms with Crippen LogP contribution in [-0.2, 0) is 0 Å². The molecule has 0 aliphatic rings. The van der Waals surface area contributed by atoms with E-state index in [1.54, 1.807) is 24.1 Å². The molecule has 2 aromatic heterocycles. The number of ether oxygens (including phenoxy) is 1. The molecule has 0 atom stereocenters. The van der Waals surface area contributed by atoms with E-state index >= 15 is 0 Å². The van der Waals surface area contributed by atoms with E-state index in [2.05, 4.69) is 28.7 Å². The van der Waals surface area contributed by atoms with E-state index in [0.29, 0.717) is 40.0 Å². The molecule has 4 rings (SSSR count). The number of fused-ring (bicyclic) bond motifs is 2. The molecule has 32 heavy (non-hydrogen) atoms. The van der Waals surface area contributed by atoms with Crippen molar-refractivity contribution in [3.8, 4) is 5.75 Å². The first kappa shape index (κ1) is 22.4.